The van der Waals surface area contributed by atoms with E-state index in [4.69, 9.17) is 0 Å². The number of hydrogen-bond acceptors (Lipinski definition) is 0. The minimum atomic E-state index is 1.34. The summed E-state index contributed by atoms with van der Waals surface area (Å²) in [6, 6.07) is 0. The third-order valence-corrected chi connectivity index (χ3v) is 2.74. The van der Waals surface area contributed by atoms with Crippen molar-refractivity contribution in [2.75, 3.05) is 0 Å². The second-order valence-electron chi connectivity index (χ2n) is 3.92. The summed E-state index contributed by atoms with van der Waals surface area (Å²) in [5.41, 5.74) is 1.75. The molecule has 0 spiro atoms. The summed E-state index contributed by atoms with van der Waals surface area (Å²) in [5, 5.41) is 0. The molecule has 0 bridgehead atoms. The molecule has 0 aromatic rings. The van der Waals surface area contributed by atoms with Gasteiger partial charge < -0.3 is 0 Å². The lowest BCUT2D eigenvalue weighted by Gasteiger charge is -2.10. The van der Waals surface area contributed by atoms with Gasteiger partial charge in [-0.2, -0.15) is 0 Å². The first-order valence-corrected chi connectivity index (χ1v) is 5.61. The summed E-state index contributed by atoms with van der Waals surface area (Å²) in [6.45, 7) is 2.28. The van der Waals surface area contributed by atoms with Gasteiger partial charge in [-0.05, 0) is 38.5 Å². The van der Waals surface area contributed by atoms with Crippen LogP contribution in [0.25, 0.3) is 0 Å². The van der Waals surface area contributed by atoms with E-state index in [-0.39, 0.29) is 0 Å². The van der Waals surface area contributed by atoms with E-state index in [1.54, 1.807) is 5.57 Å². The number of rotatable bonds is 3. The Labute approximate surface area is 77.1 Å². The van der Waals surface area contributed by atoms with Crippen LogP contribution in [0.15, 0.2) is 11.6 Å². The molecule has 0 radical (unpaired) electrons. The predicted molar refractivity (Wildman–Crippen MR) is 55.3 cm³/mol. The van der Waals surface area contributed by atoms with E-state index in [0.29, 0.717) is 0 Å². The van der Waals surface area contributed by atoms with Crippen molar-refractivity contribution in [2.24, 2.45) is 0 Å². The van der Waals surface area contributed by atoms with Crippen LogP contribution in [0.5, 0.6) is 0 Å². The SMILES string of the molecule is CCCC/C1=C/CCCCCC1. The molecule has 0 atom stereocenters. The molecule has 1 aliphatic carbocycles. The van der Waals surface area contributed by atoms with Crippen LogP contribution in [0.3, 0.4) is 0 Å². The molecule has 0 saturated heterocycles. The van der Waals surface area contributed by atoms with Crippen molar-refractivity contribution in [1.82, 2.24) is 0 Å². The Balaban J connectivity index is 2.26. The number of allylic oxidation sites excluding steroid dienone is 2. The van der Waals surface area contributed by atoms with Gasteiger partial charge in [0.15, 0.2) is 0 Å². The third kappa shape index (κ3) is 3.94. The molecule has 1 aliphatic rings. The summed E-state index contributed by atoms with van der Waals surface area (Å²) in [4.78, 5) is 0. The highest BCUT2D eigenvalue weighted by Gasteiger charge is 2.00. The summed E-state index contributed by atoms with van der Waals surface area (Å²) >= 11 is 0. The van der Waals surface area contributed by atoms with Crippen LogP contribution < -0.4 is 0 Å². The highest BCUT2D eigenvalue weighted by molar-refractivity contribution is 5.02. The van der Waals surface area contributed by atoms with Crippen LogP contribution in [-0.4, -0.2) is 0 Å². The molecule has 0 heteroatoms. The average Bonchev–Trinajstić information content (AvgIpc) is 2.02. The summed E-state index contributed by atoms with van der Waals surface area (Å²) < 4.78 is 0. The van der Waals surface area contributed by atoms with Crippen molar-refractivity contribution in [3.8, 4) is 0 Å². The molecule has 0 N–H and O–H groups in total. The summed E-state index contributed by atoms with van der Waals surface area (Å²) in [6.07, 6.45) is 15.1. The number of hydrogen-bond donors (Lipinski definition) is 0. The molecular weight excluding hydrogens is 144 g/mol. The van der Waals surface area contributed by atoms with Crippen LogP contribution in [0.2, 0.25) is 0 Å². The minimum absolute atomic E-state index is 1.34. The van der Waals surface area contributed by atoms with Crippen LogP contribution >= 0.6 is 0 Å². The fourth-order valence-corrected chi connectivity index (χ4v) is 1.89. The van der Waals surface area contributed by atoms with E-state index in [1.165, 1.54) is 57.8 Å². The maximum absolute atomic E-state index is 2.51. The van der Waals surface area contributed by atoms with E-state index < -0.39 is 0 Å². The first-order valence-electron chi connectivity index (χ1n) is 5.61. The van der Waals surface area contributed by atoms with Crippen LogP contribution in [0, 0.1) is 0 Å². The summed E-state index contributed by atoms with van der Waals surface area (Å²) in [5.74, 6) is 0. The fourth-order valence-electron chi connectivity index (χ4n) is 1.89. The van der Waals surface area contributed by atoms with Gasteiger partial charge in [0.25, 0.3) is 0 Å². The van der Waals surface area contributed by atoms with Crippen molar-refractivity contribution in [3.63, 3.8) is 0 Å². The fraction of sp³-hybridized carbons (Fsp3) is 0.833. The van der Waals surface area contributed by atoms with E-state index in [0.717, 1.165) is 0 Å². The van der Waals surface area contributed by atoms with Gasteiger partial charge in [-0.25, -0.2) is 0 Å². The van der Waals surface area contributed by atoms with Gasteiger partial charge in [0, 0.05) is 0 Å². The van der Waals surface area contributed by atoms with Crippen molar-refractivity contribution in [3.05, 3.63) is 11.6 Å². The molecule has 0 unspecified atom stereocenters. The van der Waals surface area contributed by atoms with Gasteiger partial charge in [0.05, 0.1) is 0 Å². The smallest absolute Gasteiger partial charge is 0.0320 e. The molecule has 0 aromatic carbocycles. The Morgan fingerprint density at radius 3 is 2.83 bits per heavy atom. The van der Waals surface area contributed by atoms with E-state index in [1.807, 2.05) is 0 Å². The first kappa shape index (κ1) is 9.83. The van der Waals surface area contributed by atoms with Crippen LogP contribution in [-0.2, 0) is 0 Å². The molecule has 70 valence electrons. The maximum atomic E-state index is 2.51. The zero-order valence-electron chi connectivity index (χ0n) is 8.44. The first-order chi connectivity index (χ1) is 5.93. The van der Waals surface area contributed by atoms with E-state index >= 15 is 0 Å². The highest BCUT2D eigenvalue weighted by atomic mass is 14.1. The van der Waals surface area contributed by atoms with Crippen molar-refractivity contribution >= 4 is 0 Å². The normalized spacial score (nSPS) is 23.9. The molecule has 0 amide bonds. The topological polar surface area (TPSA) is 0 Å². The molecule has 0 aromatic heterocycles. The molecule has 12 heavy (non-hydrogen) atoms. The highest BCUT2D eigenvalue weighted by Crippen LogP contribution is 2.20. The zero-order chi connectivity index (χ0) is 8.65. The average molecular weight is 166 g/mol. The van der Waals surface area contributed by atoms with Gasteiger partial charge in [0.2, 0.25) is 0 Å². The summed E-state index contributed by atoms with van der Waals surface area (Å²) in [7, 11) is 0. The Hall–Kier alpha value is -0.260. The van der Waals surface area contributed by atoms with Crippen molar-refractivity contribution < 1.29 is 0 Å². The van der Waals surface area contributed by atoms with Gasteiger partial charge in [0.1, 0.15) is 0 Å². The van der Waals surface area contributed by atoms with E-state index in [9.17, 15) is 0 Å². The predicted octanol–water partition coefficient (Wildman–Crippen LogP) is 4.46. The molecule has 0 fully saturated rings. The molecule has 0 heterocycles. The Morgan fingerprint density at radius 2 is 2.00 bits per heavy atom. The number of unbranched alkanes of at least 4 members (excludes halogenated alkanes) is 1. The van der Waals surface area contributed by atoms with E-state index in [2.05, 4.69) is 13.0 Å². The standard InChI is InChI=1S/C12H22/c1-2-3-9-12-10-7-5-4-6-8-11-12/h10H,2-9,11H2,1H3/b12-10-. The van der Waals surface area contributed by atoms with Gasteiger partial charge >= 0.3 is 0 Å². The Bertz CT molecular complexity index is 133. The second kappa shape index (κ2) is 6.28. The monoisotopic (exact) mass is 166 g/mol. The molecule has 0 saturated carbocycles. The molecular formula is C12H22. The van der Waals surface area contributed by atoms with Crippen LogP contribution in [0.4, 0.5) is 0 Å². The quantitative estimate of drug-likeness (QED) is 0.543. The largest absolute Gasteiger partial charge is 0.0853 e. The Morgan fingerprint density at radius 1 is 1.17 bits per heavy atom. The third-order valence-electron chi connectivity index (χ3n) is 2.74. The lowest BCUT2D eigenvalue weighted by atomic mass is 9.96. The van der Waals surface area contributed by atoms with Crippen molar-refractivity contribution in [1.29, 1.82) is 0 Å². The Kier molecular flexibility index (Phi) is 5.14. The van der Waals surface area contributed by atoms with Crippen molar-refractivity contribution in [2.45, 2.75) is 64.7 Å². The van der Waals surface area contributed by atoms with Gasteiger partial charge in [-0.1, -0.05) is 37.8 Å². The molecule has 0 aliphatic heterocycles. The lowest BCUT2D eigenvalue weighted by Crippen LogP contribution is -1.90. The van der Waals surface area contributed by atoms with Gasteiger partial charge in [-0.3, -0.25) is 0 Å². The van der Waals surface area contributed by atoms with Crippen LogP contribution in [0.1, 0.15) is 64.7 Å². The lowest BCUT2D eigenvalue weighted by molar-refractivity contribution is 0.607. The minimum Gasteiger partial charge on any atom is -0.0853 e. The molecule has 1 rings (SSSR count). The second-order valence-corrected chi connectivity index (χ2v) is 3.92. The van der Waals surface area contributed by atoms with Gasteiger partial charge in [-0.15, -0.1) is 0 Å². The molecule has 0 nitrogen and oxygen atoms in total. The zero-order valence-corrected chi connectivity index (χ0v) is 8.44. The maximum Gasteiger partial charge on any atom is -0.0320 e.